The van der Waals surface area contributed by atoms with E-state index in [1.165, 1.54) is 0 Å². The number of carbonyl (C=O) groups is 1. The number of hydrogen-bond donors (Lipinski definition) is 2. The maximum absolute atomic E-state index is 12.1. The molecular weight excluding hydrogens is 254 g/mol. The van der Waals surface area contributed by atoms with Crippen molar-refractivity contribution in [2.24, 2.45) is 0 Å². The van der Waals surface area contributed by atoms with E-state index in [0.29, 0.717) is 18.7 Å². The molecule has 0 radical (unpaired) electrons. The average Bonchev–Trinajstić information content (AvgIpc) is 2.53. The normalized spacial score (nSPS) is 18.9. The van der Waals surface area contributed by atoms with Gasteiger partial charge in [0.15, 0.2) is 0 Å². The Labute approximate surface area is 117 Å². The molecule has 1 fully saturated rings. The van der Waals surface area contributed by atoms with Gasteiger partial charge in [0.05, 0.1) is 18.7 Å². The monoisotopic (exact) mass is 271 g/mol. The number of nitrogens with zero attached hydrogens (tertiary/aromatic N) is 1. The van der Waals surface area contributed by atoms with Gasteiger partial charge in [-0.25, -0.2) is 0 Å². The Kier molecular flexibility index (Phi) is 3.90. The summed E-state index contributed by atoms with van der Waals surface area (Å²) in [4.78, 5) is 16.4. The topological polar surface area (TPSA) is 63.2 Å². The molecule has 2 N–H and O–H groups in total. The number of benzene rings is 1. The first-order valence-corrected chi connectivity index (χ1v) is 6.77. The summed E-state index contributed by atoms with van der Waals surface area (Å²) < 4.78 is 5.36. The van der Waals surface area contributed by atoms with E-state index in [9.17, 15) is 4.79 Å². The largest absolute Gasteiger partial charge is 0.378 e. The Morgan fingerprint density at radius 2 is 2.40 bits per heavy atom. The number of morpholine rings is 1. The standard InChI is InChI=1S/C15H17N3O2/c19-15(18-9-13-10-20-7-6-16-13)12-3-4-14-11(8-12)2-1-5-17-14/h1-5,8,13,16H,6-7,9-10H2,(H,18,19). The van der Waals surface area contributed by atoms with Crippen molar-refractivity contribution in [3.8, 4) is 0 Å². The molecule has 5 heteroatoms. The van der Waals surface area contributed by atoms with Crippen LogP contribution in [0, 0.1) is 0 Å². The maximum Gasteiger partial charge on any atom is 0.251 e. The van der Waals surface area contributed by atoms with Crippen LogP contribution in [-0.4, -0.2) is 43.2 Å². The number of carbonyl (C=O) groups excluding carboxylic acids is 1. The van der Waals surface area contributed by atoms with Gasteiger partial charge in [-0.3, -0.25) is 9.78 Å². The highest BCUT2D eigenvalue weighted by atomic mass is 16.5. The van der Waals surface area contributed by atoms with E-state index in [2.05, 4.69) is 15.6 Å². The second kappa shape index (κ2) is 5.98. The van der Waals surface area contributed by atoms with Crippen molar-refractivity contribution < 1.29 is 9.53 Å². The predicted octanol–water partition coefficient (Wildman–Crippen LogP) is 0.953. The Balaban J connectivity index is 1.65. The summed E-state index contributed by atoms with van der Waals surface area (Å²) in [5.74, 6) is -0.0665. The lowest BCUT2D eigenvalue weighted by Gasteiger charge is -2.23. The first kappa shape index (κ1) is 13.0. The third-order valence-electron chi connectivity index (χ3n) is 3.37. The van der Waals surface area contributed by atoms with E-state index < -0.39 is 0 Å². The molecule has 1 aromatic heterocycles. The lowest BCUT2D eigenvalue weighted by Crippen LogP contribution is -2.48. The van der Waals surface area contributed by atoms with Gasteiger partial charge < -0.3 is 15.4 Å². The van der Waals surface area contributed by atoms with Gasteiger partial charge in [0.25, 0.3) is 5.91 Å². The molecule has 0 saturated carbocycles. The van der Waals surface area contributed by atoms with Crippen LogP contribution in [0.2, 0.25) is 0 Å². The molecule has 1 atom stereocenters. The number of fused-ring (bicyclic) bond motifs is 1. The molecule has 2 heterocycles. The number of amides is 1. The molecule has 0 aliphatic carbocycles. The second-order valence-electron chi connectivity index (χ2n) is 4.85. The van der Waals surface area contributed by atoms with Gasteiger partial charge in [0.1, 0.15) is 0 Å². The quantitative estimate of drug-likeness (QED) is 0.872. The van der Waals surface area contributed by atoms with Crippen molar-refractivity contribution in [1.29, 1.82) is 0 Å². The smallest absolute Gasteiger partial charge is 0.251 e. The summed E-state index contributed by atoms with van der Waals surface area (Å²) >= 11 is 0. The summed E-state index contributed by atoms with van der Waals surface area (Å²) in [5, 5.41) is 7.21. The molecule has 1 saturated heterocycles. The summed E-state index contributed by atoms with van der Waals surface area (Å²) in [6.07, 6.45) is 1.75. The van der Waals surface area contributed by atoms with E-state index in [0.717, 1.165) is 24.1 Å². The number of ether oxygens (including phenoxy) is 1. The van der Waals surface area contributed by atoms with Crippen molar-refractivity contribution in [2.45, 2.75) is 6.04 Å². The average molecular weight is 271 g/mol. The van der Waals surface area contributed by atoms with Gasteiger partial charge in [-0.2, -0.15) is 0 Å². The van der Waals surface area contributed by atoms with Gasteiger partial charge >= 0.3 is 0 Å². The van der Waals surface area contributed by atoms with Gasteiger partial charge in [0, 0.05) is 36.3 Å². The zero-order chi connectivity index (χ0) is 13.8. The molecule has 1 amide bonds. The third-order valence-corrected chi connectivity index (χ3v) is 3.37. The van der Waals surface area contributed by atoms with Crippen LogP contribution in [0.1, 0.15) is 10.4 Å². The highest BCUT2D eigenvalue weighted by Gasteiger charge is 2.14. The predicted molar refractivity (Wildman–Crippen MR) is 76.7 cm³/mol. The van der Waals surface area contributed by atoms with Crippen molar-refractivity contribution >= 4 is 16.8 Å². The fourth-order valence-electron chi connectivity index (χ4n) is 2.29. The minimum Gasteiger partial charge on any atom is -0.378 e. The van der Waals surface area contributed by atoms with Gasteiger partial charge in [0.2, 0.25) is 0 Å². The van der Waals surface area contributed by atoms with E-state index in [4.69, 9.17) is 4.74 Å². The van der Waals surface area contributed by atoms with Crippen LogP contribution in [0.3, 0.4) is 0 Å². The minimum absolute atomic E-state index is 0.0665. The van der Waals surface area contributed by atoms with Crippen LogP contribution in [-0.2, 0) is 4.74 Å². The summed E-state index contributed by atoms with van der Waals surface area (Å²) in [7, 11) is 0. The zero-order valence-electron chi connectivity index (χ0n) is 11.1. The number of aromatic nitrogens is 1. The Bertz CT molecular complexity index is 609. The summed E-state index contributed by atoms with van der Waals surface area (Å²) in [6.45, 7) is 2.79. The fourth-order valence-corrected chi connectivity index (χ4v) is 2.29. The number of hydrogen-bond acceptors (Lipinski definition) is 4. The van der Waals surface area contributed by atoms with Crippen LogP contribution in [0.4, 0.5) is 0 Å². The van der Waals surface area contributed by atoms with E-state index in [1.807, 2.05) is 24.3 Å². The van der Waals surface area contributed by atoms with Crippen molar-refractivity contribution in [2.75, 3.05) is 26.3 Å². The SMILES string of the molecule is O=C(NCC1COCCN1)c1ccc2ncccc2c1. The molecule has 0 spiro atoms. The highest BCUT2D eigenvalue weighted by molar-refractivity contribution is 5.97. The molecule has 5 nitrogen and oxygen atoms in total. The number of nitrogens with one attached hydrogen (secondary N) is 2. The Hall–Kier alpha value is -1.98. The lowest BCUT2D eigenvalue weighted by molar-refractivity contribution is 0.0735. The summed E-state index contributed by atoms with van der Waals surface area (Å²) in [6, 6.07) is 9.54. The van der Waals surface area contributed by atoms with E-state index >= 15 is 0 Å². The number of pyridine rings is 1. The zero-order valence-corrected chi connectivity index (χ0v) is 11.1. The van der Waals surface area contributed by atoms with Gasteiger partial charge in [-0.05, 0) is 24.3 Å². The van der Waals surface area contributed by atoms with Crippen LogP contribution in [0.15, 0.2) is 36.5 Å². The van der Waals surface area contributed by atoms with Gasteiger partial charge in [-0.15, -0.1) is 0 Å². The minimum atomic E-state index is -0.0665. The van der Waals surface area contributed by atoms with Crippen LogP contribution in [0.5, 0.6) is 0 Å². The van der Waals surface area contributed by atoms with Crippen LogP contribution < -0.4 is 10.6 Å². The van der Waals surface area contributed by atoms with Crippen molar-refractivity contribution in [3.05, 3.63) is 42.1 Å². The molecule has 1 aliphatic rings. The first-order valence-electron chi connectivity index (χ1n) is 6.77. The third kappa shape index (κ3) is 2.95. The molecule has 3 rings (SSSR count). The second-order valence-corrected chi connectivity index (χ2v) is 4.85. The lowest BCUT2D eigenvalue weighted by atomic mass is 10.1. The Morgan fingerprint density at radius 3 is 3.25 bits per heavy atom. The van der Waals surface area contributed by atoms with Crippen molar-refractivity contribution in [3.63, 3.8) is 0 Å². The Morgan fingerprint density at radius 1 is 1.45 bits per heavy atom. The molecular formula is C15H17N3O2. The highest BCUT2D eigenvalue weighted by Crippen LogP contribution is 2.13. The molecule has 0 bridgehead atoms. The summed E-state index contributed by atoms with van der Waals surface area (Å²) in [5.41, 5.74) is 1.55. The molecule has 1 unspecified atom stereocenters. The van der Waals surface area contributed by atoms with Crippen molar-refractivity contribution in [1.82, 2.24) is 15.6 Å². The fraction of sp³-hybridized carbons (Fsp3) is 0.333. The van der Waals surface area contributed by atoms with E-state index in [1.54, 1.807) is 12.3 Å². The van der Waals surface area contributed by atoms with E-state index in [-0.39, 0.29) is 11.9 Å². The molecule has 20 heavy (non-hydrogen) atoms. The van der Waals surface area contributed by atoms with Gasteiger partial charge in [-0.1, -0.05) is 6.07 Å². The molecule has 1 aromatic carbocycles. The number of rotatable bonds is 3. The first-order chi connectivity index (χ1) is 9.83. The maximum atomic E-state index is 12.1. The molecule has 1 aliphatic heterocycles. The molecule has 104 valence electrons. The van der Waals surface area contributed by atoms with Crippen LogP contribution >= 0.6 is 0 Å². The van der Waals surface area contributed by atoms with Crippen LogP contribution in [0.25, 0.3) is 10.9 Å². The molecule has 2 aromatic rings.